The molecule has 0 spiro atoms. The van der Waals surface area contributed by atoms with E-state index in [2.05, 4.69) is 9.43 Å². The van der Waals surface area contributed by atoms with Crippen molar-refractivity contribution in [1.29, 1.82) is 0 Å². The van der Waals surface area contributed by atoms with E-state index in [9.17, 15) is 9.18 Å². The predicted octanol–water partition coefficient (Wildman–Crippen LogP) is 3.58. The van der Waals surface area contributed by atoms with Crippen molar-refractivity contribution in [3.63, 3.8) is 0 Å². The van der Waals surface area contributed by atoms with E-state index in [1.54, 1.807) is 41.9 Å². The number of hydrogen-bond acceptors (Lipinski definition) is 8. The van der Waals surface area contributed by atoms with E-state index >= 15 is 0 Å². The Morgan fingerprint density at radius 2 is 2.10 bits per heavy atom. The molecule has 0 saturated carbocycles. The van der Waals surface area contributed by atoms with E-state index in [1.807, 2.05) is 0 Å². The van der Waals surface area contributed by atoms with Crippen molar-refractivity contribution < 1.29 is 27.9 Å². The second kappa shape index (κ2) is 8.11. The zero-order valence-corrected chi connectivity index (χ0v) is 16.1. The number of aromatic nitrogens is 2. The molecule has 1 aliphatic rings. The van der Waals surface area contributed by atoms with Crippen LogP contribution in [0.3, 0.4) is 0 Å². The van der Waals surface area contributed by atoms with Crippen LogP contribution < -0.4 is 14.8 Å². The van der Waals surface area contributed by atoms with Crippen molar-refractivity contribution in [2.75, 3.05) is 6.61 Å². The number of halogens is 1. The number of hydrogen-bond donors (Lipinski definition) is 1. The fraction of sp³-hybridized carbons (Fsp3) is 0.158. The van der Waals surface area contributed by atoms with Gasteiger partial charge in [-0.05, 0) is 49.4 Å². The molecule has 1 aliphatic heterocycles. The number of rotatable bonds is 6. The number of ether oxygens (including phenoxy) is 2. The minimum absolute atomic E-state index is 0.116. The molecule has 0 aliphatic carbocycles. The van der Waals surface area contributed by atoms with Crippen LogP contribution in [0.1, 0.15) is 23.0 Å². The van der Waals surface area contributed by atoms with Gasteiger partial charge in [-0.25, -0.2) is 13.9 Å². The molecular weight excluding hydrogens is 401 g/mol. The van der Waals surface area contributed by atoms with Crippen molar-refractivity contribution in [3.8, 4) is 28.4 Å². The highest BCUT2D eigenvalue weighted by molar-refractivity contribution is 7.92. The summed E-state index contributed by atoms with van der Waals surface area (Å²) in [5.74, 6) is -0.0676. The minimum Gasteiger partial charge on any atom is -0.488 e. The molecule has 8 nitrogen and oxygen atoms in total. The summed E-state index contributed by atoms with van der Waals surface area (Å²) in [7, 11) is 0. The predicted molar refractivity (Wildman–Crippen MR) is 103 cm³/mol. The highest BCUT2D eigenvalue weighted by Gasteiger charge is 2.31. The molecule has 0 atom stereocenters. The van der Waals surface area contributed by atoms with Crippen LogP contribution in [0.2, 0.25) is 0 Å². The number of fused-ring (bicyclic) bond motifs is 3. The number of nitrogens with zero attached hydrogens (tertiary/aromatic N) is 2. The zero-order chi connectivity index (χ0) is 20.4. The van der Waals surface area contributed by atoms with E-state index < -0.39 is 11.8 Å². The number of carbonyl (C=O) groups excluding carboxylic acids is 1. The van der Waals surface area contributed by atoms with Crippen molar-refractivity contribution in [2.24, 2.45) is 5.14 Å². The Labute approximate surface area is 169 Å². The van der Waals surface area contributed by atoms with E-state index in [0.717, 1.165) is 0 Å². The number of esters is 1. The molecule has 0 radical (unpaired) electrons. The van der Waals surface area contributed by atoms with Gasteiger partial charge >= 0.3 is 5.97 Å². The van der Waals surface area contributed by atoms with Gasteiger partial charge in [-0.1, -0.05) is 4.33 Å². The molecule has 2 heterocycles. The Hall–Kier alpha value is -3.08. The first-order valence-electron chi connectivity index (χ1n) is 8.64. The maximum atomic E-state index is 14.0. The fourth-order valence-electron chi connectivity index (χ4n) is 3.08. The molecule has 0 bridgehead atoms. The van der Waals surface area contributed by atoms with Gasteiger partial charge in [0.25, 0.3) is 0 Å². The lowest BCUT2D eigenvalue weighted by molar-refractivity contribution is -0.0777. The van der Waals surface area contributed by atoms with Gasteiger partial charge in [0.2, 0.25) is 0 Å². The van der Waals surface area contributed by atoms with E-state index in [0.29, 0.717) is 46.2 Å². The normalized spacial score (nSPS) is 12.0. The molecule has 0 fully saturated rings. The topological polar surface area (TPSA) is 97.8 Å². The summed E-state index contributed by atoms with van der Waals surface area (Å²) in [6, 6.07) is 11.0. The summed E-state index contributed by atoms with van der Waals surface area (Å²) < 4.78 is 31.0. The van der Waals surface area contributed by atoms with Gasteiger partial charge in [0.15, 0.2) is 11.4 Å². The van der Waals surface area contributed by atoms with Gasteiger partial charge in [-0.2, -0.15) is 5.10 Å². The molecule has 1 aromatic heterocycles. The van der Waals surface area contributed by atoms with Gasteiger partial charge in [0.1, 0.15) is 30.4 Å². The first-order valence-corrected chi connectivity index (χ1v) is 9.45. The van der Waals surface area contributed by atoms with Gasteiger partial charge in [0, 0.05) is 5.56 Å². The van der Waals surface area contributed by atoms with E-state index in [1.165, 1.54) is 12.1 Å². The van der Waals surface area contributed by atoms with Gasteiger partial charge in [-0.15, -0.1) is 0 Å². The van der Waals surface area contributed by atoms with Crippen molar-refractivity contribution >= 4 is 18.2 Å². The monoisotopic (exact) mass is 417 g/mol. The van der Waals surface area contributed by atoms with Gasteiger partial charge in [0.05, 0.1) is 23.6 Å². The van der Waals surface area contributed by atoms with Crippen LogP contribution in [0, 0.1) is 5.82 Å². The molecule has 3 aromatic rings. The molecule has 2 aromatic carbocycles. The standard InChI is InChI=1S/C19H16FN3O5S/c1-2-25-19(24)17-15-10-26-16-8-3-11(20)9-14(16)18(15)23(22-17)12-4-6-13(7-5-12)27-28-29-21/h3-9H,2,10,21H2,1H3. The summed E-state index contributed by atoms with van der Waals surface area (Å²) in [5, 5.41) is 9.60. The SMILES string of the molecule is CCOC(=O)c1nn(-c2ccc(OOSN)cc2)c2c1COc1ccc(F)cc1-2. The smallest absolute Gasteiger partial charge is 0.359 e. The molecular formula is C19H16FN3O5S. The third-order valence-corrected chi connectivity index (χ3v) is 4.42. The third-order valence-electron chi connectivity index (χ3n) is 4.27. The molecule has 0 saturated heterocycles. The highest BCUT2D eigenvalue weighted by atomic mass is 32.2. The van der Waals surface area contributed by atoms with Crippen LogP contribution in [-0.2, 0) is 15.7 Å². The zero-order valence-electron chi connectivity index (χ0n) is 15.3. The molecule has 0 unspecified atom stereocenters. The minimum atomic E-state index is -0.570. The molecule has 29 heavy (non-hydrogen) atoms. The number of nitrogens with two attached hydrogens (primary N) is 1. The first kappa shape index (κ1) is 19.2. The van der Waals surface area contributed by atoms with Crippen molar-refractivity contribution in [2.45, 2.75) is 13.5 Å². The average molecular weight is 417 g/mol. The van der Waals surface area contributed by atoms with Crippen molar-refractivity contribution in [3.05, 3.63) is 59.5 Å². The molecule has 10 heteroatoms. The largest absolute Gasteiger partial charge is 0.488 e. The summed E-state index contributed by atoms with van der Waals surface area (Å²) in [5.41, 5.74) is 2.35. The maximum absolute atomic E-state index is 14.0. The Bertz CT molecular complexity index is 1050. The van der Waals surface area contributed by atoms with E-state index in [4.69, 9.17) is 19.5 Å². The number of carbonyl (C=O) groups is 1. The summed E-state index contributed by atoms with van der Waals surface area (Å²) in [6.07, 6.45) is 0. The Morgan fingerprint density at radius 3 is 2.83 bits per heavy atom. The lowest BCUT2D eigenvalue weighted by Gasteiger charge is -2.19. The fourth-order valence-corrected chi connectivity index (χ4v) is 3.20. The summed E-state index contributed by atoms with van der Waals surface area (Å²) >= 11 is 0.580. The van der Waals surface area contributed by atoms with Crippen LogP contribution in [0.5, 0.6) is 11.5 Å². The van der Waals surface area contributed by atoms with Gasteiger partial charge < -0.3 is 14.4 Å². The second-order valence-electron chi connectivity index (χ2n) is 5.98. The Kier molecular flexibility index (Phi) is 5.38. The highest BCUT2D eigenvalue weighted by Crippen LogP contribution is 2.40. The maximum Gasteiger partial charge on any atom is 0.359 e. The average Bonchev–Trinajstić information content (AvgIpc) is 3.13. The molecule has 150 valence electrons. The molecule has 4 rings (SSSR count). The molecule has 0 amide bonds. The summed E-state index contributed by atoms with van der Waals surface area (Å²) in [4.78, 5) is 17.4. The lowest BCUT2D eigenvalue weighted by atomic mass is 10.0. The first-order chi connectivity index (χ1) is 14.1. The lowest BCUT2D eigenvalue weighted by Crippen LogP contribution is -2.12. The Balaban J connectivity index is 1.85. The number of benzene rings is 2. The second-order valence-corrected chi connectivity index (χ2v) is 6.31. The van der Waals surface area contributed by atoms with Crippen LogP contribution in [0.4, 0.5) is 4.39 Å². The third kappa shape index (κ3) is 3.65. The quantitative estimate of drug-likeness (QED) is 0.214. The van der Waals surface area contributed by atoms with Crippen LogP contribution >= 0.6 is 12.2 Å². The van der Waals surface area contributed by atoms with Crippen LogP contribution in [0.15, 0.2) is 42.5 Å². The Morgan fingerprint density at radius 1 is 1.31 bits per heavy atom. The van der Waals surface area contributed by atoms with Crippen LogP contribution in [-0.4, -0.2) is 22.4 Å². The summed E-state index contributed by atoms with van der Waals surface area (Å²) in [6.45, 7) is 2.03. The van der Waals surface area contributed by atoms with Crippen LogP contribution in [0.25, 0.3) is 16.9 Å². The molecule has 2 N–H and O–H groups in total. The van der Waals surface area contributed by atoms with E-state index in [-0.39, 0.29) is 18.9 Å². The van der Waals surface area contributed by atoms with Crippen molar-refractivity contribution in [1.82, 2.24) is 9.78 Å². The van der Waals surface area contributed by atoms with Gasteiger partial charge in [-0.3, -0.25) is 5.14 Å².